The SMILES string of the molecule is CCC(CC)NC(=O)C(C)n1cnc2cc(C)c(C)cc21. The first-order valence-corrected chi connectivity index (χ1v) is 7.72. The normalized spacial score (nSPS) is 12.9. The lowest BCUT2D eigenvalue weighted by Crippen LogP contribution is -2.38. The zero-order chi connectivity index (χ0) is 15.6. The first-order valence-electron chi connectivity index (χ1n) is 7.72. The van der Waals surface area contributed by atoms with Crippen molar-refractivity contribution >= 4 is 16.9 Å². The molecule has 2 aromatic rings. The lowest BCUT2D eigenvalue weighted by Gasteiger charge is -2.20. The monoisotopic (exact) mass is 287 g/mol. The van der Waals surface area contributed by atoms with Crippen LogP contribution in [0.2, 0.25) is 0 Å². The summed E-state index contributed by atoms with van der Waals surface area (Å²) in [7, 11) is 0. The Hall–Kier alpha value is -1.84. The van der Waals surface area contributed by atoms with E-state index in [1.165, 1.54) is 11.1 Å². The van der Waals surface area contributed by atoms with E-state index in [0.717, 1.165) is 23.9 Å². The van der Waals surface area contributed by atoms with Crippen molar-refractivity contribution in [3.05, 3.63) is 29.6 Å². The molecule has 0 bridgehead atoms. The first-order chi connectivity index (χ1) is 9.97. The Bertz CT molecular complexity index is 641. The molecule has 1 N–H and O–H groups in total. The molecule has 1 aromatic carbocycles. The van der Waals surface area contributed by atoms with Crippen LogP contribution in [-0.2, 0) is 4.79 Å². The first kappa shape index (κ1) is 15.5. The number of carbonyl (C=O) groups is 1. The van der Waals surface area contributed by atoms with Crippen LogP contribution in [0.4, 0.5) is 0 Å². The van der Waals surface area contributed by atoms with Crippen LogP contribution < -0.4 is 5.32 Å². The van der Waals surface area contributed by atoms with Crippen molar-refractivity contribution in [3.63, 3.8) is 0 Å². The molecule has 21 heavy (non-hydrogen) atoms. The van der Waals surface area contributed by atoms with Crippen LogP contribution in [0, 0.1) is 13.8 Å². The summed E-state index contributed by atoms with van der Waals surface area (Å²) < 4.78 is 1.96. The Morgan fingerprint density at radius 3 is 2.48 bits per heavy atom. The molecule has 0 aliphatic carbocycles. The highest BCUT2D eigenvalue weighted by molar-refractivity contribution is 5.84. The van der Waals surface area contributed by atoms with Gasteiger partial charge in [-0.1, -0.05) is 13.8 Å². The van der Waals surface area contributed by atoms with Gasteiger partial charge in [-0.2, -0.15) is 0 Å². The molecule has 4 heteroatoms. The van der Waals surface area contributed by atoms with Crippen LogP contribution in [0.25, 0.3) is 11.0 Å². The van der Waals surface area contributed by atoms with Gasteiger partial charge >= 0.3 is 0 Å². The van der Waals surface area contributed by atoms with Crippen molar-refractivity contribution < 1.29 is 4.79 Å². The highest BCUT2D eigenvalue weighted by Gasteiger charge is 2.19. The minimum absolute atomic E-state index is 0.0567. The molecule has 4 nitrogen and oxygen atoms in total. The zero-order valence-electron chi connectivity index (χ0n) is 13.6. The number of nitrogens with zero attached hydrogens (tertiary/aromatic N) is 2. The summed E-state index contributed by atoms with van der Waals surface area (Å²) in [4.78, 5) is 16.8. The largest absolute Gasteiger partial charge is 0.352 e. The quantitative estimate of drug-likeness (QED) is 0.914. The number of hydrogen-bond donors (Lipinski definition) is 1. The third-order valence-electron chi connectivity index (χ3n) is 4.32. The standard InChI is InChI=1S/C17H25N3O/c1-6-14(7-2)19-17(21)13(5)20-10-18-15-8-11(3)12(4)9-16(15)20/h8-10,13-14H,6-7H2,1-5H3,(H,19,21). The van der Waals surface area contributed by atoms with E-state index in [1.54, 1.807) is 6.33 Å². The third-order valence-corrected chi connectivity index (χ3v) is 4.32. The molecule has 1 heterocycles. The fourth-order valence-corrected chi connectivity index (χ4v) is 2.53. The van der Waals surface area contributed by atoms with Crippen LogP contribution in [0.5, 0.6) is 0 Å². The van der Waals surface area contributed by atoms with E-state index in [2.05, 4.69) is 50.1 Å². The molecule has 0 aliphatic heterocycles. The number of aryl methyl sites for hydroxylation is 2. The Kier molecular flexibility index (Phi) is 4.66. The van der Waals surface area contributed by atoms with Gasteiger partial charge in [0.2, 0.25) is 5.91 Å². The van der Waals surface area contributed by atoms with Crippen LogP contribution >= 0.6 is 0 Å². The number of hydrogen-bond acceptors (Lipinski definition) is 2. The summed E-state index contributed by atoms with van der Waals surface area (Å²) in [6.45, 7) is 10.3. The van der Waals surface area contributed by atoms with Crippen molar-refractivity contribution in [3.8, 4) is 0 Å². The maximum Gasteiger partial charge on any atom is 0.243 e. The second kappa shape index (κ2) is 6.29. The summed E-state index contributed by atoms with van der Waals surface area (Å²) in [5.74, 6) is 0.0567. The number of nitrogens with one attached hydrogen (secondary N) is 1. The average molecular weight is 287 g/mol. The Balaban J connectivity index is 2.29. The van der Waals surface area contributed by atoms with Crippen molar-refractivity contribution in [2.24, 2.45) is 0 Å². The minimum Gasteiger partial charge on any atom is -0.352 e. The predicted molar refractivity (Wildman–Crippen MR) is 86.4 cm³/mol. The third kappa shape index (κ3) is 3.09. The van der Waals surface area contributed by atoms with Crippen LogP contribution in [0.3, 0.4) is 0 Å². The maximum atomic E-state index is 12.4. The van der Waals surface area contributed by atoms with E-state index >= 15 is 0 Å². The zero-order valence-corrected chi connectivity index (χ0v) is 13.6. The molecular weight excluding hydrogens is 262 g/mol. The molecule has 1 aromatic heterocycles. The molecule has 0 aliphatic rings. The molecule has 0 spiro atoms. The van der Waals surface area contributed by atoms with Gasteiger partial charge in [0.25, 0.3) is 0 Å². The van der Waals surface area contributed by atoms with E-state index in [4.69, 9.17) is 0 Å². The number of carbonyl (C=O) groups excluding carboxylic acids is 1. The van der Waals surface area contributed by atoms with E-state index < -0.39 is 0 Å². The second-order valence-electron chi connectivity index (χ2n) is 5.78. The van der Waals surface area contributed by atoms with Gasteiger partial charge in [0.05, 0.1) is 17.4 Å². The van der Waals surface area contributed by atoms with Gasteiger partial charge in [-0.05, 0) is 56.9 Å². The van der Waals surface area contributed by atoms with E-state index in [-0.39, 0.29) is 18.0 Å². The fourth-order valence-electron chi connectivity index (χ4n) is 2.53. The molecular formula is C17H25N3O. The smallest absolute Gasteiger partial charge is 0.243 e. The number of benzene rings is 1. The van der Waals surface area contributed by atoms with Crippen molar-refractivity contribution in [1.82, 2.24) is 14.9 Å². The maximum absolute atomic E-state index is 12.4. The predicted octanol–water partition coefficient (Wildman–Crippen LogP) is 3.52. The van der Waals surface area contributed by atoms with Crippen LogP contribution in [0.1, 0.15) is 50.8 Å². The molecule has 114 valence electrons. The minimum atomic E-state index is -0.252. The van der Waals surface area contributed by atoms with Crippen molar-refractivity contribution in [1.29, 1.82) is 0 Å². The summed E-state index contributed by atoms with van der Waals surface area (Å²) in [5, 5.41) is 3.11. The topological polar surface area (TPSA) is 46.9 Å². The van der Waals surface area contributed by atoms with Crippen molar-refractivity contribution in [2.45, 2.75) is 59.5 Å². The molecule has 1 atom stereocenters. The number of imidazole rings is 1. The van der Waals surface area contributed by atoms with E-state index in [1.807, 2.05) is 11.5 Å². The molecule has 0 fully saturated rings. The molecule has 0 saturated heterocycles. The highest BCUT2D eigenvalue weighted by Crippen LogP contribution is 2.21. The highest BCUT2D eigenvalue weighted by atomic mass is 16.2. The average Bonchev–Trinajstić information content (AvgIpc) is 2.86. The lowest BCUT2D eigenvalue weighted by molar-refractivity contribution is -0.124. The number of rotatable bonds is 5. The number of aromatic nitrogens is 2. The van der Waals surface area contributed by atoms with Gasteiger partial charge in [0.1, 0.15) is 6.04 Å². The van der Waals surface area contributed by atoms with Gasteiger partial charge in [-0.3, -0.25) is 4.79 Å². The Morgan fingerprint density at radius 1 is 1.24 bits per heavy atom. The van der Waals surface area contributed by atoms with Gasteiger partial charge in [-0.15, -0.1) is 0 Å². The van der Waals surface area contributed by atoms with Crippen LogP contribution in [0.15, 0.2) is 18.5 Å². The molecule has 0 saturated carbocycles. The van der Waals surface area contributed by atoms with Gasteiger partial charge in [0, 0.05) is 6.04 Å². The summed E-state index contributed by atoms with van der Waals surface area (Å²) in [5.41, 5.74) is 4.41. The Morgan fingerprint density at radius 2 is 1.86 bits per heavy atom. The molecule has 1 amide bonds. The number of fused-ring (bicyclic) bond motifs is 1. The van der Waals surface area contributed by atoms with E-state index in [9.17, 15) is 4.79 Å². The summed E-state index contributed by atoms with van der Waals surface area (Å²) in [6.07, 6.45) is 3.68. The summed E-state index contributed by atoms with van der Waals surface area (Å²) >= 11 is 0. The van der Waals surface area contributed by atoms with Gasteiger partial charge < -0.3 is 9.88 Å². The van der Waals surface area contributed by atoms with E-state index in [0.29, 0.717) is 0 Å². The molecule has 2 rings (SSSR count). The Labute approximate surface area is 126 Å². The summed E-state index contributed by atoms with van der Waals surface area (Å²) in [6, 6.07) is 4.18. The second-order valence-corrected chi connectivity index (χ2v) is 5.78. The van der Waals surface area contributed by atoms with Crippen LogP contribution in [-0.4, -0.2) is 21.5 Å². The van der Waals surface area contributed by atoms with Gasteiger partial charge in [-0.25, -0.2) is 4.98 Å². The fraction of sp³-hybridized carbons (Fsp3) is 0.529. The number of amides is 1. The van der Waals surface area contributed by atoms with Crippen molar-refractivity contribution in [2.75, 3.05) is 0 Å². The molecule has 1 unspecified atom stereocenters. The van der Waals surface area contributed by atoms with Gasteiger partial charge in [0.15, 0.2) is 0 Å². The lowest BCUT2D eigenvalue weighted by atomic mass is 10.1. The molecule has 0 radical (unpaired) electrons.